The molecule has 4 nitrogen and oxygen atoms in total. The number of aliphatic carboxylic acids is 1. The molecule has 1 aromatic heterocycles. The lowest BCUT2D eigenvalue weighted by Gasteiger charge is -2.11. The molecule has 0 amide bonds. The first-order valence-corrected chi connectivity index (χ1v) is 3.71. The third-order valence-corrected chi connectivity index (χ3v) is 1.41. The SMILES string of the molecule is O=C(O)C(F)(F)Oc1ccc(Cl)cn1. The maximum Gasteiger partial charge on any atom is 0.503 e. The van der Waals surface area contributed by atoms with E-state index >= 15 is 0 Å². The fourth-order valence-electron chi connectivity index (χ4n) is 0.598. The Kier molecular flexibility index (Phi) is 2.85. The summed E-state index contributed by atoms with van der Waals surface area (Å²) < 4.78 is 28.7. The van der Waals surface area contributed by atoms with Crippen LogP contribution in [0.15, 0.2) is 18.3 Å². The van der Waals surface area contributed by atoms with E-state index < -0.39 is 18.0 Å². The van der Waals surface area contributed by atoms with Gasteiger partial charge < -0.3 is 9.84 Å². The normalized spacial score (nSPS) is 11.1. The maximum atomic E-state index is 12.4. The first-order chi connectivity index (χ1) is 6.42. The molecule has 0 radical (unpaired) electrons. The molecule has 0 fully saturated rings. The van der Waals surface area contributed by atoms with E-state index in [9.17, 15) is 13.6 Å². The molecule has 0 bridgehead atoms. The summed E-state index contributed by atoms with van der Waals surface area (Å²) in [5.74, 6) is -2.89. The Morgan fingerprint density at radius 2 is 2.21 bits per heavy atom. The lowest BCUT2D eigenvalue weighted by Crippen LogP contribution is -2.35. The Bertz CT molecular complexity index is 341. The van der Waals surface area contributed by atoms with Gasteiger partial charge in [0.2, 0.25) is 5.88 Å². The molecule has 1 aromatic rings. The monoisotopic (exact) mass is 223 g/mol. The van der Waals surface area contributed by atoms with Gasteiger partial charge in [-0.15, -0.1) is 0 Å². The molecule has 0 aliphatic rings. The summed E-state index contributed by atoms with van der Waals surface area (Å²) >= 11 is 5.42. The second-order valence-corrected chi connectivity index (χ2v) is 2.68. The minimum atomic E-state index is -4.29. The number of nitrogens with zero attached hydrogens (tertiary/aromatic N) is 1. The van der Waals surface area contributed by atoms with Gasteiger partial charge in [-0.1, -0.05) is 11.6 Å². The molecule has 76 valence electrons. The molecular formula is C7H4ClF2NO3. The van der Waals surface area contributed by atoms with Gasteiger partial charge in [-0.05, 0) is 6.07 Å². The molecule has 7 heteroatoms. The summed E-state index contributed by atoms with van der Waals surface area (Å²) in [5, 5.41) is 8.26. The van der Waals surface area contributed by atoms with Crippen molar-refractivity contribution in [3.8, 4) is 5.88 Å². The van der Waals surface area contributed by atoms with Crippen molar-refractivity contribution in [3.63, 3.8) is 0 Å². The van der Waals surface area contributed by atoms with Crippen LogP contribution in [0.1, 0.15) is 0 Å². The summed E-state index contributed by atoms with van der Waals surface area (Å²) in [7, 11) is 0. The van der Waals surface area contributed by atoms with Crippen molar-refractivity contribution in [2.45, 2.75) is 6.11 Å². The topological polar surface area (TPSA) is 59.4 Å². The largest absolute Gasteiger partial charge is 0.503 e. The van der Waals surface area contributed by atoms with Crippen LogP contribution in [0.4, 0.5) is 8.78 Å². The van der Waals surface area contributed by atoms with E-state index in [0.29, 0.717) is 0 Å². The van der Waals surface area contributed by atoms with Crippen LogP contribution in [0.25, 0.3) is 0 Å². The van der Waals surface area contributed by atoms with E-state index in [2.05, 4.69) is 9.72 Å². The number of carbonyl (C=O) groups is 1. The molecule has 0 saturated carbocycles. The van der Waals surface area contributed by atoms with Crippen LogP contribution in [-0.2, 0) is 4.79 Å². The third-order valence-electron chi connectivity index (χ3n) is 1.18. The summed E-state index contributed by atoms with van der Waals surface area (Å²) in [6, 6.07) is 2.29. The van der Waals surface area contributed by atoms with E-state index in [1.807, 2.05) is 0 Å². The molecule has 14 heavy (non-hydrogen) atoms. The molecule has 0 aromatic carbocycles. The molecule has 1 heterocycles. The van der Waals surface area contributed by atoms with Crippen molar-refractivity contribution < 1.29 is 23.4 Å². The quantitative estimate of drug-likeness (QED) is 0.849. The van der Waals surface area contributed by atoms with Gasteiger partial charge in [0.15, 0.2) is 0 Å². The average Bonchev–Trinajstić information content (AvgIpc) is 2.08. The minimum Gasteiger partial charge on any atom is -0.474 e. The number of carboxylic acids is 1. The number of rotatable bonds is 3. The molecule has 0 spiro atoms. The number of hydrogen-bond donors (Lipinski definition) is 1. The Balaban J connectivity index is 2.79. The lowest BCUT2D eigenvalue weighted by atomic mass is 10.5. The van der Waals surface area contributed by atoms with E-state index in [-0.39, 0.29) is 5.02 Å². The number of halogens is 3. The molecule has 0 aliphatic carbocycles. The van der Waals surface area contributed by atoms with Gasteiger partial charge in [-0.3, -0.25) is 0 Å². The van der Waals surface area contributed by atoms with Crippen molar-refractivity contribution >= 4 is 17.6 Å². The highest BCUT2D eigenvalue weighted by Crippen LogP contribution is 2.20. The molecule has 1 rings (SSSR count). The van der Waals surface area contributed by atoms with E-state index in [0.717, 1.165) is 12.3 Å². The van der Waals surface area contributed by atoms with Gasteiger partial charge in [0.05, 0.1) is 5.02 Å². The van der Waals surface area contributed by atoms with Crippen LogP contribution >= 0.6 is 11.6 Å². The van der Waals surface area contributed by atoms with Crippen LogP contribution in [0.5, 0.6) is 5.88 Å². The number of ether oxygens (including phenoxy) is 1. The minimum absolute atomic E-state index is 0.232. The van der Waals surface area contributed by atoms with Crippen molar-refractivity contribution in [1.82, 2.24) is 4.98 Å². The summed E-state index contributed by atoms with van der Waals surface area (Å²) in [6.07, 6.45) is -3.23. The predicted molar refractivity (Wildman–Crippen MR) is 42.5 cm³/mol. The summed E-state index contributed by atoms with van der Waals surface area (Å²) in [5.41, 5.74) is 0. The van der Waals surface area contributed by atoms with E-state index in [1.54, 1.807) is 0 Å². The molecular weight excluding hydrogens is 220 g/mol. The lowest BCUT2D eigenvalue weighted by molar-refractivity contribution is -0.211. The predicted octanol–water partition coefficient (Wildman–Crippen LogP) is 1.79. The molecule has 0 saturated heterocycles. The molecule has 1 N–H and O–H groups in total. The Hall–Kier alpha value is -1.43. The van der Waals surface area contributed by atoms with Gasteiger partial charge in [0.1, 0.15) is 0 Å². The maximum absolute atomic E-state index is 12.4. The second kappa shape index (κ2) is 3.75. The standard InChI is InChI=1S/C7H4ClF2NO3/c8-4-1-2-5(11-3-4)14-7(9,10)6(12)13/h1-3H,(H,12,13). The highest BCUT2D eigenvalue weighted by atomic mass is 35.5. The summed E-state index contributed by atoms with van der Waals surface area (Å²) in [4.78, 5) is 13.3. The Morgan fingerprint density at radius 3 is 2.64 bits per heavy atom. The molecule has 0 atom stereocenters. The van der Waals surface area contributed by atoms with Crippen LogP contribution in [0, 0.1) is 0 Å². The fraction of sp³-hybridized carbons (Fsp3) is 0.143. The number of carboxylic acid groups (broad SMARTS) is 1. The molecule has 0 unspecified atom stereocenters. The number of pyridine rings is 1. The average molecular weight is 224 g/mol. The Morgan fingerprint density at radius 1 is 1.57 bits per heavy atom. The van der Waals surface area contributed by atoms with Gasteiger partial charge in [0.25, 0.3) is 0 Å². The van der Waals surface area contributed by atoms with Crippen molar-refractivity contribution in [2.24, 2.45) is 0 Å². The van der Waals surface area contributed by atoms with Crippen molar-refractivity contribution in [1.29, 1.82) is 0 Å². The smallest absolute Gasteiger partial charge is 0.474 e. The zero-order valence-corrected chi connectivity index (χ0v) is 7.33. The number of alkyl halides is 2. The summed E-state index contributed by atoms with van der Waals surface area (Å²) in [6.45, 7) is 0. The van der Waals surface area contributed by atoms with Crippen LogP contribution in [-0.4, -0.2) is 22.2 Å². The zero-order valence-electron chi connectivity index (χ0n) is 6.58. The highest BCUT2D eigenvalue weighted by molar-refractivity contribution is 6.30. The first-order valence-electron chi connectivity index (χ1n) is 3.33. The number of aromatic nitrogens is 1. The van der Waals surface area contributed by atoms with E-state index in [1.165, 1.54) is 6.07 Å². The third kappa shape index (κ3) is 2.53. The van der Waals surface area contributed by atoms with Crippen LogP contribution in [0.2, 0.25) is 5.02 Å². The first kappa shape index (κ1) is 10.6. The van der Waals surface area contributed by atoms with Gasteiger partial charge in [-0.25, -0.2) is 9.78 Å². The molecule has 0 aliphatic heterocycles. The highest BCUT2D eigenvalue weighted by Gasteiger charge is 2.42. The fourth-order valence-corrected chi connectivity index (χ4v) is 0.709. The van der Waals surface area contributed by atoms with Gasteiger partial charge in [0, 0.05) is 12.3 Å². The van der Waals surface area contributed by atoms with Gasteiger partial charge in [-0.2, -0.15) is 8.78 Å². The van der Waals surface area contributed by atoms with Gasteiger partial charge >= 0.3 is 12.1 Å². The zero-order chi connectivity index (χ0) is 10.8. The number of hydrogen-bond acceptors (Lipinski definition) is 3. The Labute approximate surface area is 82.1 Å². The van der Waals surface area contributed by atoms with Crippen molar-refractivity contribution in [3.05, 3.63) is 23.4 Å². The second-order valence-electron chi connectivity index (χ2n) is 2.24. The van der Waals surface area contributed by atoms with Crippen LogP contribution in [0.3, 0.4) is 0 Å². The van der Waals surface area contributed by atoms with E-state index in [4.69, 9.17) is 16.7 Å². The van der Waals surface area contributed by atoms with Crippen molar-refractivity contribution in [2.75, 3.05) is 0 Å². The van der Waals surface area contributed by atoms with Crippen LogP contribution < -0.4 is 4.74 Å².